The molecule has 13 nitrogen and oxygen atoms in total. The Morgan fingerprint density at radius 3 is 2.68 bits per heavy atom. The molecule has 0 aromatic carbocycles. The second-order valence-corrected chi connectivity index (χ2v) is 6.73. The van der Waals surface area contributed by atoms with E-state index in [1.54, 1.807) is 19.0 Å². The molecule has 2 rings (SSSR count). The monoisotopic (exact) mass is 439 g/mol. The molecule has 0 N–H and O–H groups in total. The van der Waals surface area contributed by atoms with Crippen LogP contribution in [0.5, 0.6) is 0 Å². The van der Waals surface area contributed by atoms with Crippen LogP contribution in [-0.4, -0.2) is 84.1 Å². The maximum Gasteiger partial charge on any atom is 0.303 e. The zero-order chi connectivity index (χ0) is 23.1. The van der Waals surface area contributed by atoms with Gasteiger partial charge < -0.3 is 19.1 Å². The van der Waals surface area contributed by atoms with Crippen LogP contribution in [0.1, 0.15) is 30.6 Å². The first-order chi connectivity index (χ1) is 14.6. The molecule has 1 aliphatic rings. The maximum absolute atomic E-state index is 15.3. The molecule has 2 heterocycles. The summed E-state index contributed by atoms with van der Waals surface area (Å²) in [5.74, 6) is -2.04. The van der Waals surface area contributed by atoms with Gasteiger partial charge in [-0.1, -0.05) is 5.11 Å². The molecule has 31 heavy (non-hydrogen) atoms. The lowest BCUT2D eigenvalue weighted by molar-refractivity contribution is -0.156. The molecule has 0 saturated carbocycles. The van der Waals surface area contributed by atoms with Gasteiger partial charge in [0.05, 0.1) is 19.2 Å². The summed E-state index contributed by atoms with van der Waals surface area (Å²) in [5, 5.41) is 3.21. The predicted octanol–water partition coefficient (Wildman–Crippen LogP) is 1.33. The van der Waals surface area contributed by atoms with Crippen molar-refractivity contribution >= 4 is 29.9 Å². The fraction of sp³-hybridized carbons (Fsp3) is 0.588. The fourth-order valence-corrected chi connectivity index (χ4v) is 2.79. The average molecular weight is 439 g/mol. The van der Waals surface area contributed by atoms with Crippen LogP contribution in [0.15, 0.2) is 16.4 Å². The number of hydrogen-bond donors (Lipinski definition) is 0. The van der Waals surface area contributed by atoms with Crippen LogP contribution in [0.3, 0.4) is 0 Å². The Labute approximate surface area is 176 Å². The molecule has 0 amide bonds. The second kappa shape index (κ2) is 10.5. The van der Waals surface area contributed by atoms with Crippen LogP contribution < -0.4 is 0 Å². The predicted molar refractivity (Wildman–Crippen MR) is 103 cm³/mol. The molecule has 0 radical (unpaired) electrons. The first kappa shape index (κ1) is 23.8. The van der Waals surface area contributed by atoms with E-state index in [9.17, 15) is 14.4 Å². The third-order valence-electron chi connectivity index (χ3n) is 4.01. The van der Waals surface area contributed by atoms with Gasteiger partial charge in [0.25, 0.3) is 0 Å². The molecule has 0 aliphatic carbocycles. The molecule has 4 atom stereocenters. The minimum Gasteiger partial charge on any atom is -0.463 e. The van der Waals surface area contributed by atoms with E-state index >= 15 is 4.39 Å². The van der Waals surface area contributed by atoms with Crippen LogP contribution in [-0.2, 0) is 23.8 Å². The van der Waals surface area contributed by atoms with Crippen molar-refractivity contribution in [2.24, 2.45) is 10.1 Å². The van der Waals surface area contributed by atoms with E-state index in [4.69, 9.17) is 19.7 Å². The lowest BCUT2D eigenvalue weighted by atomic mass is 10.1. The van der Waals surface area contributed by atoms with Gasteiger partial charge in [-0.25, -0.2) is 14.4 Å². The van der Waals surface area contributed by atoms with Crippen LogP contribution in [0.2, 0.25) is 0 Å². The number of nitrogens with zero attached hydrogens (tertiary/aromatic N) is 7. The maximum atomic E-state index is 15.3. The summed E-state index contributed by atoms with van der Waals surface area (Å²) >= 11 is 0. The molecule has 1 fully saturated rings. The van der Waals surface area contributed by atoms with E-state index in [1.165, 1.54) is 13.3 Å². The highest BCUT2D eigenvalue weighted by molar-refractivity contribution is 6.00. The summed E-state index contributed by atoms with van der Waals surface area (Å²) in [4.78, 5) is 47.1. The highest BCUT2D eigenvalue weighted by atomic mass is 19.1. The summed E-state index contributed by atoms with van der Waals surface area (Å²) < 4.78 is 32.0. The van der Waals surface area contributed by atoms with Crippen LogP contribution in [0.25, 0.3) is 10.4 Å². The first-order valence-electron chi connectivity index (χ1n) is 9.07. The summed E-state index contributed by atoms with van der Waals surface area (Å²) in [6, 6.07) is 0. The number of ether oxygens (including phenoxy) is 3. The number of carbonyl (C=O) groups excluding carboxylic acids is 3. The van der Waals surface area contributed by atoms with Crippen molar-refractivity contribution in [1.82, 2.24) is 14.5 Å². The molecule has 1 saturated heterocycles. The minimum absolute atomic E-state index is 0.0470. The number of rotatable bonds is 9. The standard InChI is InChI=1S/C17H22FN7O6/c1-9(26)29-6-12-15(30-10(2)27)13(18)17(31-12)25-8-20-14(11(28)5-22-23-19)16(25)21-7-24(3)4/h7-8,12-13,15,17H,5-6H2,1-4H3/t12-,13+,15-,17-/m1/s1. The highest BCUT2D eigenvalue weighted by Crippen LogP contribution is 2.37. The number of esters is 2. The zero-order valence-corrected chi connectivity index (χ0v) is 17.3. The number of aliphatic imine (C=N–C) groups is 1. The van der Waals surface area contributed by atoms with Gasteiger partial charge in [-0.3, -0.25) is 19.0 Å². The van der Waals surface area contributed by atoms with Gasteiger partial charge in [-0.05, 0) is 5.53 Å². The molecule has 1 aliphatic heterocycles. The van der Waals surface area contributed by atoms with Crippen molar-refractivity contribution in [2.45, 2.75) is 38.5 Å². The SMILES string of the molecule is CC(=O)OC[C@H]1O[C@@H](n2cnc(C(=O)CN=[N+]=[N-])c2N=CN(C)C)[C@@H](F)[C@@H]1OC(C)=O. The lowest BCUT2D eigenvalue weighted by Crippen LogP contribution is -2.36. The van der Waals surface area contributed by atoms with Gasteiger partial charge in [0.1, 0.15) is 12.7 Å². The van der Waals surface area contributed by atoms with Crippen LogP contribution in [0.4, 0.5) is 10.2 Å². The largest absolute Gasteiger partial charge is 0.463 e. The quantitative estimate of drug-likeness (QED) is 0.106. The van der Waals surface area contributed by atoms with Gasteiger partial charge in [-0.2, -0.15) is 0 Å². The molecule has 0 unspecified atom stereocenters. The Balaban J connectivity index is 2.43. The summed E-state index contributed by atoms with van der Waals surface area (Å²) in [5.41, 5.74) is 8.28. The Hall–Kier alpha value is -3.51. The number of halogens is 1. The van der Waals surface area contributed by atoms with Gasteiger partial charge in [0.15, 0.2) is 35.8 Å². The van der Waals surface area contributed by atoms with Crippen molar-refractivity contribution in [2.75, 3.05) is 27.2 Å². The zero-order valence-electron chi connectivity index (χ0n) is 17.3. The van der Waals surface area contributed by atoms with E-state index in [1.807, 2.05) is 0 Å². The highest BCUT2D eigenvalue weighted by Gasteiger charge is 2.49. The first-order valence-corrected chi connectivity index (χ1v) is 9.07. The number of aromatic nitrogens is 2. The van der Waals surface area contributed by atoms with E-state index in [-0.39, 0.29) is 18.1 Å². The van der Waals surface area contributed by atoms with Gasteiger partial charge >= 0.3 is 11.9 Å². The topological polar surface area (TPSA) is 161 Å². The van der Waals surface area contributed by atoms with E-state index < -0.39 is 48.9 Å². The second-order valence-electron chi connectivity index (χ2n) is 6.73. The molecule has 0 spiro atoms. The minimum atomic E-state index is -1.88. The average Bonchev–Trinajstić information content (AvgIpc) is 3.24. The Kier molecular flexibility index (Phi) is 8.05. The van der Waals surface area contributed by atoms with Gasteiger partial charge in [0.2, 0.25) is 0 Å². The van der Waals surface area contributed by atoms with Crippen molar-refractivity contribution in [3.05, 3.63) is 22.5 Å². The van der Waals surface area contributed by atoms with Gasteiger partial charge in [0, 0.05) is 32.9 Å². The fourth-order valence-electron chi connectivity index (χ4n) is 2.79. The molecule has 0 bridgehead atoms. The number of carbonyl (C=O) groups is 3. The smallest absolute Gasteiger partial charge is 0.303 e. The van der Waals surface area contributed by atoms with E-state index in [2.05, 4.69) is 20.0 Å². The van der Waals surface area contributed by atoms with E-state index in [0.717, 1.165) is 17.8 Å². The van der Waals surface area contributed by atoms with E-state index in [0.29, 0.717) is 0 Å². The number of imidazole rings is 1. The molecule has 168 valence electrons. The summed E-state index contributed by atoms with van der Waals surface area (Å²) in [6.45, 7) is 1.43. The molecule has 1 aromatic heterocycles. The van der Waals surface area contributed by atoms with Crippen LogP contribution >= 0.6 is 0 Å². The summed E-state index contributed by atoms with van der Waals surface area (Å²) in [7, 11) is 3.36. The van der Waals surface area contributed by atoms with Crippen molar-refractivity contribution in [1.29, 1.82) is 0 Å². The summed E-state index contributed by atoms with van der Waals surface area (Å²) in [6.07, 6.45) is -3.22. The number of ketones is 1. The van der Waals surface area contributed by atoms with Crippen molar-refractivity contribution in [3.8, 4) is 0 Å². The Morgan fingerprint density at radius 2 is 2.10 bits per heavy atom. The van der Waals surface area contributed by atoms with Gasteiger partial charge in [-0.15, -0.1) is 0 Å². The molecular weight excluding hydrogens is 417 g/mol. The molecule has 1 aromatic rings. The number of alkyl halides is 1. The number of hydrogen-bond acceptors (Lipinski definition) is 9. The molecular formula is C17H22FN7O6. The third kappa shape index (κ3) is 5.99. The normalized spacial score (nSPS) is 22.7. The van der Waals surface area contributed by atoms with Crippen LogP contribution in [0, 0.1) is 0 Å². The Bertz CT molecular complexity index is 911. The number of azide groups is 1. The number of Topliss-reactive ketones (excluding diaryl/α,β-unsaturated/α-hetero) is 1. The Morgan fingerprint density at radius 1 is 1.39 bits per heavy atom. The molecule has 14 heteroatoms. The van der Waals surface area contributed by atoms with Crippen molar-refractivity contribution < 1.29 is 33.0 Å². The third-order valence-corrected chi connectivity index (χ3v) is 4.01. The van der Waals surface area contributed by atoms with Crippen molar-refractivity contribution in [3.63, 3.8) is 0 Å². The lowest BCUT2D eigenvalue weighted by Gasteiger charge is -2.18.